The molecule has 1 aromatic heterocycles. The van der Waals surface area contributed by atoms with Crippen LogP contribution in [0.2, 0.25) is 0 Å². The van der Waals surface area contributed by atoms with Gasteiger partial charge in [0.05, 0.1) is 0 Å². The van der Waals surface area contributed by atoms with Crippen LogP contribution in [0.15, 0.2) is 24.3 Å². The van der Waals surface area contributed by atoms with Crippen molar-refractivity contribution in [2.75, 3.05) is 23.3 Å². The van der Waals surface area contributed by atoms with Crippen molar-refractivity contribution in [3.8, 4) is 0 Å². The van der Waals surface area contributed by atoms with Gasteiger partial charge < -0.3 is 10.6 Å². The number of aromatic nitrogens is 2. The molecule has 2 N–H and O–H groups in total. The standard InChI is InChI=1S/C15H17N5OS/c21-15-16-7-2-8-20(15)12-4-1-3-11(9-12)17-14-18-13(19-22-14)10-5-6-10/h1,3-4,9-10H,2,5-8H2,(H,16,21)(H,17,18,19). The van der Waals surface area contributed by atoms with Gasteiger partial charge in [0.2, 0.25) is 5.13 Å². The van der Waals surface area contributed by atoms with Crippen LogP contribution in [-0.4, -0.2) is 28.5 Å². The number of carbonyl (C=O) groups excluding carboxylic acids is 1. The molecule has 0 radical (unpaired) electrons. The van der Waals surface area contributed by atoms with Crippen LogP contribution in [0.5, 0.6) is 0 Å². The quantitative estimate of drug-likeness (QED) is 0.909. The summed E-state index contributed by atoms with van der Waals surface area (Å²) in [4.78, 5) is 18.2. The number of benzene rings is 1. The van der Waals surface area contributed by atoms with E-state index in [0.29, 0.717) is 5.92 Å². The molecule has 7 heteroatoms. The highest BCUT2D eigenvalue weighted by molar-refractivity contribution is 7.09. The van der Waals surface area contributed by atoms with Crippen molar-refractivity contribution >= 4 is 34.1 Å². The molecule has 1 aliphatic carbocycles. The van der Waals surface area contributed by atoms with E-state index in [1.165, 1.54) is 24.4 Å². The maximum absolute atomic E-state index is 11.9. The minimum atomic E-state index is -0.0321. The molecule has 1 saturated carbocycles. The molecule has 114 valence electrons. The van der Waals surface area contributed by atoms with Crippen molar-refractivity contribution < 1.29 is 4.79 Å². The van der Waals surface area contributed by atoms with E-state index in [9.17, 15) is 4.79 Å². The maximum Gasteiger partial charge on any atom is 0.321 e. The summed E-state index contributed by atoms with van der Waals surface area (Å²) in [5, 5.41) is 6.96. The van der Waals surface area contributed by atoms with Crippen molar-refractivity contribution in [3.63, 3.8) is 0 Å². The average Bonchev–Trinajstić information content (AvgIpc) is 3.28. The Morgan fingerprint density at radius 3 is 3.09 bits per heavy atom. The average molecular weight is 315 g/mol. The van der Waals surface area contributed by atoms with Crippen molar-refractivity contribution in [2.45, 2.75) is 25.2 Å². The van der Waals surface area contributed by atoms with Crippen LogP contribution < -0.4 is 15.5 Å². The third-order valence-corrected chi connectivity index (χ3v) is 4.52. The lowest BCUT2D eigenvalue weighted by Gasteiger charge is -2.27. The number of hydrogen-bond donors (Lipinski definition) is 2. The smallest absolute Gasteiger partial charge is 0.321 e. The van der Waals surface area contributed by atoms with Gasteiger partial charge in [-0.15, -0.1) is 0 Å². The van der Waals surface area contributed by atoms with Gasteiger partial charge in [-0.3, -0.25) is 4.90 Å². The molecule has 0 unspecified atom stereocenters. The molecule has 1 aliphatic heterocycles. The Morgan fingerprint density at radius 2 is 2.27 bits per heavy atom. The predicted octanol–water partition coefficient (Wildman–Crippen LogP) is 3.08. The summed E-state index contributed by atoms with van der Waals surface area (Å²) in [5.74, 6) is 1.52. The predicted molar refractivity (Wildman–Crippen MR) is 87.0 cm³/mol. The minimum Gasteiger partial charge on any atom is -0.338 e. The zero-order valence-electron chi connectivity index (χ0n) is 12.1. The lowest BCUT2D eigenvalue weighted by Crippen LogP contribution is -2.46. The van der Waals surface area contributed by atoms with Gasteiger partial charge in [0.15, 0.2) is 0 Å². The van der Waals surface area contributed by atoms with Crippen LogP contribution in [0.3, 0.4) is 0 Å². The lowest BCUT2D eigenvalue weighted by molar-refractivity contribution is 0.243. The number of hydrogen-bond acceptors (Lipinski definition) is 5. The highest BCUT2D eigenvalue weighted by Crippen LogP contribution is 2.39. The molecular weight excluding hydrogens is 298 g/mol. The topological polar surface area (TPSA) is 70.2 Å². The summed E-state index contributed by atoms with van der Waals surface area (Å²) in [5.41, 5.74) is 1.82. The zero-order chi connectivity index (χ0) is 14.9. The molecule has 2 aromatic rings. The zero-order valence-corrected chi connectivity index (χ0v) is 12.9. The maximum atomic E-state index is 11.9. The summed E-state index contributed by atoms with van der Waals surface area (Å²) in [6.07, 6.45) is 3.37. The van der Waals surface area contributed by atoms with Crippen LogP contribution in [0, 0.1) is 0 Å². The van der Waals surface area contributed by atoms with E-state index in [-0.39, 0.29) is 6.03 Å². The third-order valence-electron chi connectivity index (χ3n) is 3.87. The van der Waals surface area contributed by atoms with E-state index in [4.69, 9.17) is 0 Å². The first-order valence-electron chi connectivity index (χ1n) is 7.56. The number of urea groups is 1. The van der Waals surface area contributed by atoms with Gasteiger partial charge >= 0.3 is 6.03 Å². The molecule has 6 nitrogen and oxygen atoms in total. The van der Waals surface area contributed by atoms with Crippen molar-refractivity contribution in [2.24, 2.45) is 0 Å². The fraction of sp³-hybridized carbons (Fsp3) is 0.400. The molecule has 1 saturated heterocycles. The van der Waals surface area contributed by atoms with Crippen LogP contribution in [0.4, 0.5) is 21.3 Å². The second-order valence-corrected chi connectivity index (χ2v) is 6.40. The molecule has 4 rings (SSSR count). The van der Waals surface area contributed by atoms with Crippen LogP contribution in [0.1, 0.15) is 31.0 Å². The number of nitrogens with zero attached hydrogens (tertiary/aromatic N) is 3. The number of carbonyl (C=O) groups is 1. The Bertz CT molecular complexity index is 697. The highest BCUT2D eigenvalue weighted by atomic mass is 32.1. The summed E-state index contributed by atoms with van der Waals surface area (Å²) in [6.45, 7) is 1.50. The molecule has 0 bridgehead atoms. The van der Waals surface area contributed by atoms with Gasteiger partial charge in [0.25, 0.3) is 0 Å². The summed E-state index contributed by atoms with van der Waals surface area (Å²) >= 11 is 1.39. The molecule has 22 heavy (non-hydrogen) atoms. The Labute approximate surface area is 132 Å². The number of rotatable bonds is 4. The Kier molecular flexibility index (Phi) is 3.42. The normalized spacial score (nSPS) is 18.2. The van der Waals surface area contributed by atoms with Gasteiger partial charge in [0.1, 0.15) is 5.82 Å². The van der Waals surface area contributed by atoms with E-state index in [0.717, 1.165) is 41.8 Å². The van der Waals surface area contributed by atoms with E-state index in [2.05, 4.69) is 20.0 Å². The number of nitrogens with one attached hydrogen (secondary N) is 2. The van der Waals surface area contributed by atoms with Gasteiger partial charge in [-0.1, -0.05) is 6.07 Å². The van der Waals surface area contributed by atoms with Crippen LogP contribution >= 0.6 is 11.5 Å². The minimum absolute atomic E-state index is 0.0321. The van der Waals surface area contributed by atoms with Crippen molar-refractivity contribution in [1.29, 1.82) is 0 Å². The first-order valence-corrected chi connectivity index (χ1v) is 8.33. The van der Waals surface area contributed by atoms with Crippen molar-refractivity contribution in [3.05, 3.63) is 30.1 Å². The SMILES string of the molecule is O=C1NCCCN1c1cccc(Nc2nc(C3CC3)ns2)c1. The second-order valence-electron chi connectivity index (χ2n) is 5.64. The number of anilines is 3. The largest absolute Gasteiger partial charge is 0.338 e. The fourth-order valence-corrected chi connectivity index (χ4v) is 3.21. The van der Waals surface area contributed by atoms with E-state index >= 15 is 0 Å². The molecule has 0 atom stereocenters. The Hall–Kier alpha value is -2.15. The molecule has 2 amide bonds. The van der Waals surface area contributed by atoms with Crippen molar-refractivity contribution in [1.82, 2.24) is 14.7 Å². The summed E-state index contributed by atoms with van der Waals surface area (Å²) < 4.78 is 4.39. The third kappa shape index (κ3) is 2.76. The van der Waals surface area contributed by atoms with E-state index in [1.807, 2.05) is 24.3 Å². The fourth-order valence-electron chi connectivity index (χ4n) is 2.54. The van der Waals surface area contributed by atoms with Gasteiger partial charge in [-0.25, -0.2) is 9.78 Å². The number of amides is 2. The summed E-state index contributed by atoms with van der Waals surface area (Å²) in [7, 11) is 0. The van der Waals surface area contributed by atoms with Crippen LogP contribution in [-0.2, 0) is 0 Å². The van der Waals surface area contributed by atoms with E-state index < -0.39 is 0 Å². The Morgan fingerprint density at radius 1 is 1.36 bits per heavy atom. The van der Waals surface area contributed by atoms with Gasteiger partial charge in [-0.05, 0) is 37.5 Å². The second kappa shape index (κ2) is 5.57. The molecule has 2 fully saturated rings. The first kappa shape index (κ1) is 13.5. The molecular formula is C15H17N5OS. The van der Waals surface area contributed by atoms with Gasteiger partial charge in [0, 0.05) is 41.9 Å². The first-order chi connectivity index (χ1) is 10.8. The summed E-state index contributed by atoms with van der Waals surface area (Å²) in [6, 6.07) is 7.82. The Balaban J connectivity index is 1.51. The van der Waals surface area contributed by atoms with Crippen LogP contribution in [0.25, 0.3) is 0 Å². The highest BCUT2D eigenvalue weighted by Gasteiger charge is 2.27. The lowest BCUT2D eigenvalue weighted by atomic mass is 10.2. The van der Waals surface area contributed by atoms with Gasteiger partial charge in [-0.2, -0.15) is 4.37 Å². The van der Waals surface area contributed by atoms with E-state index in [1.54, 1.807) is 4.90 Å². The molecule has 0 spiro atoms. The molecule has 2 aliphatic rings. The monoisotopic (exact) mass is 315 g/mol. The molecule has 2 heterocycles. The molecule has 1 aromatic carbocycles.